The van der Waals surface area contributed by atoms with Crippen LogP contribution in [-0.4, -0.2) is 25.3 Å². The summed E-state index contributed by atoms with van der Waals surface area (Å²) in [5.41, 5.74) is -0.664. The summed E-state index contributed by atoms with van der Waals surface area (Å²) in [6, 6.07) is 15.0. The van der Waals surface area contributed by atoms with Gasteiger partial charge in [-0.1, -0.05) is 87.3 Å². The summed E-state index contributed by atoms with van der Waals surface area (Å²) in [5.74, 6) is 0. The van der Waals surface area contributed by atoms with E-state index in [0.717, 1.165) is 12.1 Å². The lowest BCUT2D eigenvalue weighted by Crippen LogP contribution is -2.37. The number of nitrogens with one attached hydrogen (secondary N) is 1. The van der Waals surface area contributed by atoms with Crippen molar-refractivity contribution < 1.29 is 25.3 Å². The highest BCUT2D eigenvalue weighted by atomic mass is 35.5. The zero-order valence-corrected chi connectivity index (χ0v) is 27.8. The maximum absolute atomic E-state index is 14.0. The number of aryl methyl sites for hydroxylation is 1. The normalized spacial score (nSPS) is 12.3. The maximum atomic E-state index is 14.0. The van der Waals surface area contributed by atoms with Gasteiger partial charge in [0.2, 0.25) is 0 Å². The zero-order chi connectivity index (χ0) is 31.2. The molecule has 0 saturated carbocycles. The third-order valence-corrected chi connectivity index (χ3v) is 13.4. The first-order valence-corrected chi connectivity index (χ1v) is 17.9. The van der Waals surface area contributed by atoms with E-state index in [1.807, 2.05) is 0 Å². The SMILES string of the molecule is Cc1ccc(S(=O)(=O)N(c2c(Cl)c(Cl)c(NS(=O)(=O)c3ccc(Cl)cc3)c(Cl)c2Cl)S(=O)(=O)c2ccc(Cl)cc2)cc1. The number of benzene rings is 4. The molecule has 4 aromatic rings. The molecule has 4 aromatic carbocycles. The van der Waals surface area contributed by atoms with Gasteiger partial charge in [-0.25, -0.2) is 25.3 Å². The van der Waals surface area contributed by atoms with Crippen LogP contribution in [0.2, 0.25) is 30.1 Å². The predicted molar refractivity (Wildman–Crippen MR) is 168 cm³/mol. The number of sulfonamides is 3. The van der Waals surface area contributed by atoms with Crippen molar-refractivity contribution in [2.75, 3.05) is 8.43 Å². The summed E-state index contributed by atoms with van der Waals surface area (Å²) in [6.45, 7) is 1.70. The van der Waals surface area contributed by atoms with Crippen LogP contribution in [0.1, 0.15) is 5.56 Å². The summed E-state index contributed by atoms with van der Waals surface area (Å²) in [6.07, 6.45) is 0. The molecule has 0 aliphatic rings. The van der Waals surface area contributed by atoms with Gasteiger partial charge in [0.1, 0.15) is 5.69 Å². The van der Waals surface area contributed by atoms with E-state index in [9.17, 15) is 25.3 Å². The van der Waals surface area contributed by atoms with Crippen molar-refractivity contribution in [2.45, 2.75) is 21.6 Å². The van der Waals surface area contributed by atoms with Crippen molar-refractivity contribution in [3.05, 3.63) is 108 Å². The lowest BCUT2D eigenvalue weighted by molar-refractivity contribution is 0.584. The first-order chi connectivity index (χ1) is 19.5. The Hall–Kier alpha value is -1.93. The van der Waals surface area contributed by atoms with Crippen molar-refractivity contribution in [3.8, 4) is 0 Å². The van der Waals surface area contributed by atoms with Crippen LogP contribution in [-0.2, 0) is 30.1 Å². The first kappa shape index (κ1) is 33.0. The molecular formula is C25H16Cl6N2O6S3. The molecule has 0 aliphatic heterocycles. The molecule has 0 bridgehead atoms. The molecule has 222 valence electrons. The van der Waals surface area contributed by atoms with Crippen LogP contribution < -0.4 is 8.43 Å². The van der Waals surface area contributed by atoms with Crippen molar-refractivity contribution in [2.24, 2.45) is 0 Å². The van der Waals surface area contributed by atoms with Gasteiger partial charge in [-0.2, -0.15) is 3.71 Å². The second kappa shape index (κ2) is 12.2. The highest BCUT2D eigenvalue weighted by molar-refractivity contribution is 8.10. The van der Waals surface area contributed by atoms with E-state index < -0.39 is 71.3 Å². The summed E-state index contributed by atoms with van der Waals surface area (Å²) < 4.78 is 84.1. The minimum absolute atomic E-state index is 0.00614. The Labute approximate surface area is 272 Å². The van der Waals surface area contributed by atoms with Crippen LogP contribution >= 0.6 is 69.6 Å². The third-order valence-electron chi connectivity index (χ3n) is 5.65. The van der Waals surface area contributed by atoms with E-state index in [-0.39, 0.29) is 18.7 Å². The van der Waals surface area contributed by atoms with Gasteiger partial charge in [-0.15, -0.1) is 0 Å². The fraction of sp³-hybridized carbons (Fsp3) is 0.0400. The molecule has 0 aromatic heterocycles. The van der Waals surface area contributed by atoms with E-state index in [4.69, 9.17) is 69.6 Å². The van der Waals surface area contributed by atoms with Crippen LogP contribution in [0.25, 0.3) is 0 Å². The first-order valence-electron chi connectivity index (χ1n) is 11.3. The molecule has 0 amide bonds. The lowest BCUT2D eigenvalue weighted by atomic mass is 10.2. The highest BCUT2D eigenvalue weighted by Gasteiger charge is 2.41. The number of nitrogens with zero attached hydrogens (tertiary/aromatic N) is 1. The standard InChI is InChI=1S/C25H16Cl6N2O6S3/c1-14-2-8-18(9-3-14)41(36,37)33(42(38,39)19-12-6-16(27)7-13-19)25-22(30)20(28)24(21(29)23(25)31)32-40(34,35)17-10-4-15(26)5-11-17/h2-13,32H,1H3. The Morgan fingerprint density at radius 2 is 0.881 bits per heavy atom. The number of rotatable bonds is 8. The summed E-state index contributed by atoms with van der Waals surface area (Å²) >= 11 is 37.5. The Morgan fingerprint density at radius 3 is 1.29 bits per heavy atom. The molecule has 17 heteroatoms. The minimum atomic E-state index is -5.01. The topological polar surface area (TPSA) is 118 Å². The molecule has 0 saturated heterocycles. The predicted octanol–water partition coefficient (Wildman–Crippen LogP) is 8.30. The van der Waals surface area contributed by atoms with Crippen LogP contribution in [0.15, 0.2) is 87.5 Å². The van der Waals surface area contributed by atoms with E-state index in [1.165, 1.54) is 60.7 Å². The average molecular weight is 749 g/mol. The van der Waals surface area contributed by atoms with Gasteiger partial charge in [0.15, 0.2) is 0 Å². The van der Waals surface area contributed by atoms with Crippen molar-refractivity contribution in [1.82, 2.24) is 0 Å². The molecule has 42 heavy (non-hydrogen) atoms. The molecule has 1 N–H and O–H groups in total. The molecule has 0 aliphatic carbocycles. The van der Waals surface area contributed by atoms with E-state index in [1.54, 1.807) is 6.92 Å². The van der Waals surface area contributed by atoms with Gasteiger partial charge in [0, 0.05) is 10.0 Å². The molecule has 0 unspecified atom stereocenters. The maximum Gasteiger partial charge on any atom is 0.277 e. The molecule has 0 spiro atoms. The van der Waals surface area contributed by atoms with Gasteiger partial charge in [0.25, 0.3) is 30.1 Å². The zero-order valence-electron chi connectivity index (χ0n) is 20.8. The Bertz CT molecular complexity index is 1900. The van der Waals surface area contributed by atoms with Gasteiger partial charge in [-0.3, -0.25) is 4.72 Å². The largest absolute Gasteiger partial charge is 0.277 e. The highest BCUT2D eigenvalue weighted by Crippen LogP contribution is 2.51. The molecule has 0 radical (unpaired) electrons. The van der Waals surface area contributed by atoms with Crippen molar-refractivity contribution in [3.63, 3.8) is 0 Å². The smallest absolute Gasteiger partial charge is 0.276 e. The Kier molecular flexibility index (Phi) is 9.59. The minimum Gasteiger partial charge on any atom is -0.276 e. The summed E-state index contributed by atoms with van der Waals surface area (Å²) in [5, 5.41) is -2.26. The Balaban J connectivity index is 1.99. The van der Waals surface area contributed by atoms with E-state index in [2.05, 4.69) is 4.72 Å². The average Bonchev–Trinajstić information content (AvgIpc) is 2.93. The quantitative estimate of drug-likeness (QED) is 0.181. The van der Waals surface area contributed by atoms with Crippen LogP contribution in [0, 0.1) is 6.92 Å². The second-order valence-electron chi connectivity index (χ2n) is 8.51. The van der Waals surface area contributed by atoms with Crippen LogP contribution in [0.4, 0.5) is 11.4 Å². The van der Waals surface area contributed by atoms with Crippen molar-refractivity contribution >= 4 is 111 Å². The Morgan fingerprint density at radius 1 is 0.524 bits per heavy atom. The van der Waals surface area contributed by atoms with Crippen LogP contribution in [0.5, 0.6) is 0 Å². The van der Waals surface area contributed by atoms with Crippen LogP contribution in [0.3, 0.4) is 0 Å². The fourth-order valence-corrected chi connectivity index (χ4v) is 10.0. The third kappa shape index (κ3) is 6.31. The molecule has 0 fully saturated rings. The molecule has 0 atom stereocenters. The molecule has 4 rings (SSSR count). The van der Waals surface area contributed by atoms with Gasteiger partial charge in [0.05, 0.1) is 40.5 Å². The number of anilines is 2. The lowest BCUT2D eigenvalue weighted by Gasteiger charge is -2.27. The van der Waals surface area contributed by atoms with Gasteiger partial charge >= 0.3 is 0 Å². The van der Waals surface area contributed by atoms with E-state index >= 15 is 0 Å². The molecular weight excluding hydrogens is 733 g/mol. The summed E-state index contributed by atoms with van der Waals surface area (Å²) in [4.78, 5) is -1.16. The number of hydrogen-bond acceptors (Lipinski definition) is 6. The monoisotopic (exact) mass is 746 g/mol. The van der Waals surface area contributed by atoms with Gasteiger partial charge < -0.3 is 0 Å². The number of hydrogen-bond donors (Lipinski definition) is 1. The van der Waals surface area contributed by atoms with E-state index in [0.29, 0.717) is 5.56 Å². The summed E-state index contributed by atoms with van der Waals surface area (Å²) in [7, 11) is -14.3. The molecule has 8 nitrogen and oxygen atoms in total. The second-order valence-corrected chi connectivity index (χ2v) is 16.4. The molecule has 0 heterocycles. The van der Waals surface area contributed by atoms with Crippen molar-refractivity contribution in [1.29, 1.82) is 0 Å². The number of halogens is 6. The van der Waals surface area contributed by atoms with Gasteiger partial charge in [-0.05, 0) is 67.6 Å². The fourth-order valence-electron chi connectivity index (χ4n) is 3.55.